The highest BCUT2D eigenvalue weighted by Crippen LogP contribution is 2.37. The van der Waals surface area contributed by atoms with Gasteiger partial charge in [0.15, 0.2) is 0 Å². The van der Waals surface area contributed by atoms with E-state index in [0.717, 1.165) is 28.2 Å². The van der Waals surface area contributed by atoms with Crippen molar-refractivity contribution in [3.63, 3.8) is 0 Å². The van der Waals surface area contributed by atoms with Crippen molar-refractivity contribution < 1.29 is 9.47 Å². The second-order valence-electron chi connectivity index (χ2n) is 6.10. The fourth-order valence-corrected chi connectivity index (χ4v) is 3.29. The predicted octanol–water partition coefficient (Wildman–Crippen LogP) is 5.99. The second kappa shape index (κ2) is 6.93. The minimum Gasteiger partial charge on any atom is -0.497 e. The summed E-state index contributed by atoms with van der Waals surface area (Å²) < 4.78 is 10.6. The fraction of sp³-hybridized carbons (Fsp3) is 0.0833. The van der Waals surface area contributed by atoms with Crippen LogP contribution in [0.2, 0.25) is 0 Å². The van der Waals surface area contributed by atoms with Crippen LogP contribution in [0.1, 0.15) is 0 Å². The molecule has 2 nitrogen and oxygen atoms in total. The molecule has 26 heavy (non-hydrogen) atoms. The lowest BCUT2D eigenvalue weighted by Gasteiger charge is -2.13. The van der Waals surface area contributed by atoms with E-state index < -0.39 is 0 Å². The van der Waals surface area contributed by atoms with Gasteiger partial charge in [0.2, 0.25) is 0 Å². The summed E-state index contributed by atoms with van der Waals surface area (Å²) in [6.07, 6.45) is 0. The van der Waals surface area contributed by atoms with E-state index >= 15 is 0 Å². The first-order valence-corrected chi connectivity index (χ1v) is 8.52. The number of hydrogen-bond acceptors (Lipinski definition) is 2. The molecule has 0 aliphatic carbocycles. The van der Waals surface area contributed by atoms with E-state index in [-0.39, 0.29) is 0 Å². The van der Waals surface area contributed by atoms with Crippen LogP contribution in [0, 0.1) is 6.07 Å². The van der Waals surface area contributed by atoms with Crippen molar-refractivity contribution >= 4 is 10.8 Å². The molecule has 0 amide bonds. The molecular formula is C24H19O2. The Kier molecular flexibility index (Phi) is 4.32. The maximum atomic E-state index is 5.29. The molecule has 0 N–H and O–H groups in total. The van der Waals surface area contributed by atoms with Crippen LogP contribution in [0.15, 0.2) is 78.9 Å². The molecule has 0 unspecified atom stereocenters. The van der Waals surface area contributed by atoms with Crippen molar-refractivity contribution in [3.8, 4) is 33.8 Å². The summed E-state index contributed by atoms with van der Waals surface area (Å²) in [6, 6.07) is 30.1. The average Bonchev–Trinajstić information content (AvgIpc) is 2.73. The van der Waals surface area contributed by atoms with Crippen LogP contribution in [0.3, 0.4) is 0 Å². The molecule has 4 aromatic carbocycles. The lowest BCUT2D eigenvalue weighted by Crippen LogP contribution is -1.88. The molecule has 0 spiro atoms. The Balaban J connectivity index is 1.93. The van der Waals surface area contributed by atoms with E-state index in [9.17, 15) is 0 Å². The summed E-state index contributed by atoms with van der Waals surface area (Å²) in [5.74, 6) is 1.71. The Morgan fingerprint density at radius 2 is 1.19 bits per heavy atom. The van der Waals surface area contributed by atoms with Gasteiger partial charge in [-0.2, -0.15) is 0 Å². The molecule has 0 atom stereocenters. The zero-order valence-electron chi connectivity index (χ0n) is 14.8. The summed E-state index contributed by atoms with van der Waals surface area (Å²) in [4.78, 5) is 0. The first-order valence-electron chi connectivity index (χ1n) is 8.52. The molecule has 0 heterocycles. The monoisotopic (exact) mass is 339 g/mol. The van der Waals surface area contributed by atoms with Gasteiger partial charge in [0, 0.05) is 0 Å². The highest BCUT2D eigenvalue weighted by Gasteiger charge is 2.10. The minimum atomic E-state index is 0.855. The summed E-state index contributed by atoms with van der Waals surface area (Å²) in [5.41, 5.74) is 4.67. The number of hydrogen-bond donors (Lipinski definition) is 0. The molecule has 0 bridgehead atoms. The zero-order chi connectivity index (χ0) is 17.9. The van der Waals surface area contributed by atoms with Crippen molar-refractivity contribution in [1.82, 2.24) is 0 Å². The van der Waals surface area contributed by atoms with Crippen LogP contribution in [0.4, 0.5) is 0 Å². The van der Waals surface area contributed by atoms with Crippen molar-refractivity contribution in [2.24, 2.45) is 0 Å². The van der Waals surface area contributed by atoms with Crippen LogP contribution in [-0.4, -0.2) is 14.2 Å². The van der Waals surface area contributed by atoms with Gasteiger partial charge in [-0.05, 0) is 75.5 Å². The summed E-state index contributed by atoms with van der Waals surface area (Å²) in [6.45, 7) is 0. The highest BCUT2D eigenvalue weighted by molar-refractivity contribution is 6.06. The molecule has 0 fully saturated rings. The van der Waals surface area contributed by atoms with Gasteiger partial charge in [-0.1, -0.05) is 42.5 Å². The van der Waals surface area contributed by atoms with Crippen molar-refractivity contribution in [1.29, 1.82) is 0 Å². The number of fused-ring (bicyclic) bond motifs is 1. The maximum absolute atomic E-state index is 5.29. The van der Waals surface area contributed by atoms with Crippen molar-refractivity contribution in [2.75, 3.05) is 14.2 Å². The van der Waals surface area contributed by atoms with Gasteiger partial charge in [0.05, 0.1) is 14.2 Å². The molecule has 1 radical (unpaired) electrons. The van der Waals surface area contributed by atoms with Gasteiger partial charge in [0.1, 0.15) is 11.5 Å². The Labute approximate surface area is 153 Å². The first kappa shape index (κ1) is 16.2. The quantitative estimate of drug-likeness (QED) is 0.454. The Bertz CT molecular complexity index is 950. The molecule has 0 aromatic heterocycles. The summed E-state index contributed by atoms with van der Waals surface area (Å²) >= 11 is 0. The number of methoxy groups -OCH3 is 2. The summed E-state index contributed by atoms with van der Waals surface area (Å²) in [5, 5.41) is 2.40. The van der Waals surface area contributed by atoms with Crippen LogP contribution < -0.4 is 9.47 Å². The highest BCUT2D eigenvalue weighted by atomic mass is 16.5. The number of ether oxygens (including phenoxy) is 2. The number of benzene rings is 4. The second-order valence-corrected chi connectivity index (χ2v) is 6.10. The normalized spacial score (nSPS) is 10.7. The number of rotatable bonds is 4. The van der Waals surface area contributed by atoms with E-state index in [4.69, 9.17) is 9.47 Å². The minimum absolute atomic E-state index is 0.855. The standard InChI is InChI=1S/C24H19O2/c1-25-20-13-9-17(10-14-20)22-7-3-5-19-6-4-8-23(24(19)22)18-11-15-21(26-2)16-12-18/h3,5-16H,1-2H3. The van der Waals surface area contributed by atoms with Crippen molar-refractivity contribution in [3.05, 3.63) is 84.9 Å². The van der Waals surface area contributed by atoms with E-state index in [2.05, 4.69) is 54.6 Å². The molecule has 4 aromatic rings. The topological polar surface area (TPSA) is 18.5 Å². The Morgan fingerprint density at radius 3 is 1.77 bits per heavy atom. The lowest BCUT2D eigenvalue weighted by molar-refractivity contribution is 0.415. The Hall–Kier alpha value is -3.26. The van der Waals surface area contributed by atoms with Crippen LogP contribution in [-0.2, 0) is 0 Å². The molecular weight excluding hydrogens is 320 g/mol. The predicted molar refractivity (Wildman–Crippen MR) is 107 cm³/mol. The SMILES string of the molecule is COc1ccc(-c2c[c]cc3cccc(-c4ccc(OC)cc4)c23)cc1. The van der Waals surface area contributed by atoms with Crippen LogP contribution in [0.5, 0.6) is 11.5 Å². The third kappa shape index (κ3) is 2.91. The smallest absolute Gasteiger partial charge is 0.118 e. The fourth-order valence-electron chi connectivity index (χ4n) is 3.29. The molecule has 2 heteroatoms. The molecule has 0 aliphatic heterocycles. The van der Waals surface area contributed by atoms with Crippen LogP contribution >= 0.6 is 0 Å². The Morgan fingerprint density at radius 1 is 0.615 bits per heavy atom. The lowest BCUT2D eigenvalue weighted by atomic mass is 9.91. The zero-order valence-corrected chi connectivity index (χ0v) is 14.8. The summed E-state index contributed by atoms with van der Waals surface area (Å²) in [7, 11) is 3.37. The van der Waals surface area contributed by atoms with Gasteiger partial charge in [-0.25, -0.2) is 0 Å². The van der Waals surface area contributed by atoms with Gasteiger partial charge in [-0.15, -0.1) is 0 Å². The van der Waals surface area contributed by atoms with Gasteiger partial charge in [-0.3, -0.25) is 0 Å². The van der Waals surface area contributed by atoms with E-state index in [0.29, 0.717) is 0 Å². The largest absolute Gasteiger partial charge is 0.497 e. The average molecular weight is 339 g/mol. The third-order valence-electron chi connectivity index (χ3n) is 4.63. The molecule has 0 aliphatic rings. The van der Waals surface area contributed by atoms with Gasteiger partial charge in [0.25, 0.3) is 0 Å². The van der Waals surface area contributed by atoms with Crippen LogP contribution in [0.25, 0.3) is 33.0 Å². The molecule has 4 rings (SSSR count). The molecule has 0 saturated heterocycles. The first-order chi connectivity index (χ1) is 12.8. The van der Waals surface area contributed by atoms with Gasteiger partial charge >= 0.3 is 0 Å². The van der Waals surface area contributed by atoms with E-state index in [1.54, 1.807) is 14.2 Å². The maximum Gasteiger partial charge on any atom is 0.118 e. The van der Waals surface area contributed by atoms with Crippen molar-refractivity contribution in [2.45, 2.75) is 0 Å². The van der Waals surface area contributed by atoms with Gasteiger partial charge < -0.3 is 9.47 Å². The molecule has 127 valence electrons. The van der Waals surface area contributed by atoms with E-state index in [1.807, 2.05) is 30.3 Å². The third-order valence-corrected chi connectivity index (χ3v) is 4.63. The molecule has 0 saturated carbocycles. The van der Waals surface area contributed by atoms with E-state index in [1.165, 1.54) is 16.3 Å².